The minimum atomic E-state index is -0.726. The van der Waals surface area contributed by atoms with Crippen LogP contribution in [0.15, 0.2) is 52.7 Å². The SMILES string of the molecule is Cc1ccc2c(c1)c(N=NC(=O)c1cccc([N+](=O)[O-])c1)c(O)n2C(C)C. The van der Waals surface area contributed by atoms with Crippen molar-refractivity contribution in [1.29, 1.82) is 0 Å². The highest BCUT2D eigenvalue weighted by Crippen LogP contribution is 2.41. The molecule has 138 valence electrons. The largest absolute Gasteiger partial charge is 0.493 e. The van der Waals surface area contributed by atoms with E-state index in [1.165, 1.54) is 18.2 Å². The molecule has 27 heavy (non-hydrogen) atoms. The van der Waals surface area contributed by atoms with Gasteiger partial charge in [0, 0.05) is 23.6 Å². The Bertz CT molecular complexity index is 1080. The zero-order chi connectivity index (χ0) is 19.7. The normalized spacial score (nSPS) is 11.6. The molecule has 2 aromatic carbocycles. The van der Waals surface area contributed by atoms with Crippen LogP contribution < -0.4 is 0 Å². The average Bonchev–Trinajstić information content (AvgIpc) is 2.90. The van der Waals surface area contributed by atoms with Gasteiger partial charge in [-0.2, -0.15) is 0 Å². The number of carbonyl (C=O) groups is 1. The van der Waals surface area contributed by atoms with Crippen LogP contribution in [0, 0.1) is 17.0 Å². The summed E-state index contributed by atoms with van der Waals surface area (Å²) in [4.78, 5) is 22.5. The van der Waals surface area contributed by atoms with Gasteiger partial charge in [0.2, 0.25) is 5.88 Å². The highest BCUT2D eigenvalue weighted by Gasteiger charge is 2.19. The number of carbonyl (C=O) groups excluding carboxylic acids is 1. The van der Waals surface area contributed by atoms with Crippen LogP contribution in [-0.4, -0.2) is 20.5 Å². The standard InChI is InChI=1S/C19H18N4O4/c1-11(2)22-16-8-7-12(3)9-15(16)17(19(22)25)20-21-18(24)13-5-4-6-14(10-13)23(26)27/h4-11,25H,1-3H3. The maximum atomic E-state index is 12.3. The summed E-state index contributed by atoms with van der Waals surface area (Å²) in [7, 11) is 0. The predicted molar refractivity (Wildman–Crippen MR) is 101 cm³/mol. The van der Waals surface area contributed by atoms with Crippen molar-refractivity contribution >= 4 is 28.2 Å². The zero-order valence-corrected chi connectivity index (χ0v) is 15.1. The van der Waals surface area contributed by atoms with Crippen LogP contribution in [-0.2, 0) is 0 Å². The Hall–Kier alpha value is -3.55. The molecule has 0 fully saturated rings. The molecule has 0 saturated carbocycles. The fraction of sp³-hybridized carbons (Fsp3) is 0.211. The minimum absolute atomic E-state index is 0.0216. The van der Waals surface area contributed by atoms with Crippen LogP contribution in [0.1, 0.15) is 35.8 Å². The predicted octanol–water partition coefficient (Wildman–Crippen LogP) is 5.07. The van der Waals surface area contributed by atoms with E-state index in [1.807, 2.05) is 39.0 Å². The third-order valence-corrected chi connectivity index (χ3v) is 4.17. The Morgan fingerprint density at radius 1 is 1.22 bits per heavy atom. The second-order valence-electron chi connectivity index (χ2n) is 6.47. The van der Waals surface area contributed by atoms with Crippen LogP contribution in [0.5, 0.6) is 5.88 Å². The molecule has 1 amide bonds. The summed E-state index contributed by atoms with van der Waals surface area (Å²) in [5, 5.41) is 29.7. The number of nitro benzene ring substituents is 1. The van der Waals surface area contributed by atoms with E-state index in [1.54, 1.807) is 4.57 Å². The molecular weight excluding hydrogens is 348 g/mol. The number of nitro groups is 1. The lowest BCUT2D eigenvalue weighted by Gasteiger charge is -2.10. The first kappa shape index (κ1) is 18.2. The number of amides is 1. The minimum Gasteiger partial charge on any atom is -0.493 e. The van der Waals surface area contributed by atoms with Gasteiger partial charge in [-0.25, -0.2) is 0 Å². The Labute approximate surface area is 154 Å². The number of aromatic hydroxyl groups is 1. The molecule has 0 bridgehead atoms. The summed E-state index contributed by atoms with van der Waals surface area (Å²) in [6.45, 7) is 5.76. The van der Waals surface area contributed by atoms with Crippen molar-refractivity contribution in [3.8, 4) is 5.88 Å². The van der Waals surface area contributed by atoms with E-state index in [0.717, 1.165) is 17.1 Å². The van der Waals surface area contributed by atoms with Crippen molar-refractivity contribution in [3.63, 3.8) is 0 Å². The number of aromatic nitrogens is 1. The van der Waals surface area contributed by atoms with Gasteiger partial charge >= 0.3 is 0 Å². The van der Waals surface area contributed by atoms with Crippen LogP contribution in [0.3, 0.4) is 0 Å². The van der Waals surface area contributed by atoms with E-state index >= 15 is 0 Å². The number of benzene rings is 2. The van der Waals surface area contributed by atoms with E-state index in [4.69, 9.17) is 0 Å². The summed E-state index contributed by atoms with van der Waals surface area (Å²) in [5.74, 6) is -0.808. The van der Waals surface area contributed by atoms with Gasteiger partial charge in [-0.15, -0.1) is 10.2 Å². The number of aryl methyl sites for hydroxylation is 1. The smallest absolute Gasteiger partial charge is 0.295 e. The van der Waals surface area contributed by atoms with Gasteiger partial charge in [0.25, 0.3) is 11.6 Å². The monoisotopic (exact) mass is 366 g/mol. The van der Waals surface area contributed by atoms with Crippen LogP contribution in [0.2, 0.25) is 0 Å². The van der Waals surface area contributed by atoms with Crippen LogP contribution >= 0.6 is 0 Å². The molecule has 0 unspecified atom stereocenters. The Morgan fingerprint density at radius 2 is 1.96 bits per heavy atom. The number of nitrogens with zero attached hydrogens (tertiary/aromatic N) is 4. The maximum Gasteiger partial charge on any atom is 0.295 e. The second kappa shape index (κ2) is 6.99. The lowest BCUT2D eigenvalue weighted by atomic mass is 10.1. The van der Waals surface area contributed by atoms with Crippen LogP contribution in [0.25, 0.3) is 10.9 Å². The van der Waals surface area contributed by atoms with Crippen molar-refractivity contribution < 1.29 is 14.8 Å². The summed E-state index contributed by atoms with van der Waals surface area (Å²) in [5.41, 5.74) is 1.80. The number of rotatable bonds is 4. The third-order valence-electron chi connectivity index (χ3n) is 4.17. The summed E-state index contributed by atoms with van der Waals surface area (Å²) in [6, 6.07) is 10.9. The van der Waals surface area contributed by atoms with Gasteiger partial charge in [0.15, 0.2) is 5.69 Å². The fourth-order valence-electron chi connectivity index (χ4n) is 2.93. The van der Waals surface area contributed by atoms with Crippen molar-refractivity contribution in [2.24, 2.45) is 10.2 Å². The van der Waals surface area contributed by atoms with Crippen molar-refractivity contribution in [1.82, 2.24) is 4.57 Å². The highest BCUT2D eigenvalue weighted by atomic mass is 16.6. The molecule has 1 N–H and O–H groups in total. The zero-order valence-electron chi connectivity index (χ0n) is 15.1. The molecule has 3 rings (SSSR count). The molecule has 0 radical (unpaired) electrons. The average molecular weight is 366 g/mol. The van der Waals surface area contributed by atoms with Gasteiger partial charge < -0.3 is 9.67 Å². The van der Waals surface area contributed by atoms with Gasteiger partial charge in [-0.1, -0.05) is 17.7 Å². The second-order valence-corrected chi connectivity index (χ2v) is 6.47. The molecule has 0 aliphatic rings. The molecule has 0 atom stereocenters. The first-order valence-corrected chi connectivity index (χ1v) is 8.33. The van der Waals surface area contributed by atoms with Gasteiger partial charge in [-0.05, 0) is 39.0 Å². The lowest BCUT2D eigenvalue weighted by Crippen LogP contribution is -1.99. The summed E-state index contributed by atoms with van der Waals surface area (Å²) >= 11 is 0. The van der Waals surface area contributed by atoms with E-state index in [-0.39, 0.29) is 28.9 Å². The number of fused-ring (bicyclic) bond motifs is 1. The summed E-state index contributed by atoms with van der Waals surface area (Å²) in [6.07, 6.45) is 0. The molecule has 1 aromatic heterocycles. The first-order chi connectivity index (χ1) is 12.8. The Balaban J connectivity index is 2.05. The Kier molecular flexibility index (Phi) is 4.72. The topological polar surface area (TPSA) is 110 Å². The fourth-order valence-corrected chi connectivity index (χ4v) is 2.93. The summed E-state index contributed by atoms with van der Waals surface area (Å²) < 4.78 is 1.71. The number of hydrogen-bond acceptors (Lipinski definition) is 5. The lowest BCUT2D eigenvalue weighted by molar-refractivity contribution is -0.384. The molecular formula is C19H18N4O4. The highest BCUT2D eigenvalue weighted by molar-refractivity contribution is 5.98. The van der Waals surface area contributed by atoms with E-state index in [2.05, 4.69) is 10.2 Å². The molecule has 1 heterocycles. The Morgan fingerprint density at radius 3 is 2.63 bits per heavy atom. The first-order valence-electron chi connectivity index (χ1n) is 8.33. The van der Waals surface area contributed by atoms with Crippen molar-refractivity contribution in [3.05, 3.63) is 63.7 Å². The molecule has 0 saturated heterocycles. The molecule has 0 aliphatic carbocycles. The number of hydrogen-bond donors (Lipinski definition) is 1. The number of non-ortho nitro benzene ring substituents is 1. The van der Waals surface area contributed by atoms with E-state index in [0.29, 0.717) is 5.39 Å². The molecule has 3 aromatic rings. The molecule has 8 heteroatoms. The molecule has 0 aliphatic heterocycles. The van der Waals surface area contributed by atoms with Crippen LogP contribution in [0.4, 0.5) is 11.4 Å². The van der Waals surface area contributed by atoms with E-state index in [9.17, 15) is 20.0 Å². The van der Waals surface area contributed by atoms with Gasteiger partial charge in [-0.3, -0.25) is 14.9 Å². The van der Waals surface area contributed by atoms with Crippen molar-refractivity contribution in [2.45, 2.75) is 26.8 Å². The maximum absolute atomic E-state index is 12.3. The van der Waals surface area contributed by atoms with Crippen molar-refractivity contribution in [2.75, 3.05) is 0 Å². The van der Waals surface area contributed by atoms with Gasteiger partial charge in [0.1, 0.15) is 0 Å². The quantitative estimate of drug-likeness (QED) is 0.395. The molecule has 8 nitrogen and oxygen atoms in total. The number of azo groups is 1. The van der Waals surface area contributed by atoms with E-state index < -0.39 is 10.8 Å². The molecule has 0 spiro atoms. The van der Waals surface area contributed by atoms with Gasteiger partial charge in [0.05, 0.1) is 16.0 Å². The third kappa shape index (κ3) is 3.41.